The number of carboxylic acid groups (broad SMARTS) is 1. The molecule has 7 aromatic carbocycles. The summed E-state index contributed by atoms with van der Waals surface area (Å²) in [6.45, 7) is 1.92. The third-order valence-electron chi connectivity index (χ3n) is 23.9. The van der Waals surface area contributed by atoms with Crippen LogP contribution in [0, 0.1) is 0 Å². The summed E-state index contributed by atoms with van der Waals surface area (Å²) in [4.78, 5) is 259. The number of thiol groups is 2. The van der Waals surface area contributed by atoms with Crippen LogP contribution in [0.3, 0.4) is 0 Å². The van der Waals surface area contributed by atoms with Crippen LogP contribution in [0.2, 0.25) is 0 Å². The molecule has 8 rings (SSSR count). The molecular weight excluding hydrogens is 1950 g/mol. The first-order chi connectivity index (χ1) is 70.9. The summed E-state index contributed by atoms with van der Waals surface area (Å²) < 4.78 is 0. The minimum absolute atomic E-state index is 0.00643. The summed E-state index contributed by atoms with van der Waals surface area (Å²) in [6.07, 6.45) is -3.44. The number of carbonyl (C=O) groups is 18. The fourth-order valence-electron chi connectivity index (χ4n) is 15.7. The van der Waals surface area contributed by atoms with Crippen molar-refractivity contribution >= 4 is 143 Å². The van der Waals surface area contributed by atoms with Crippen molar-refractivity contribution in [3.63, 3.8) is 0 Å². The van der Waals surface area contributed by atoms with Crippen molar-refractivity contribution in [3.05, 3.63) is 251 Å². The lowest BCUT2D eigenvalue weighted by molar-refractivity contribution is -0.142. The van der Waals surface area contributed by atoms with Crippen LogP contribution in [0.15, 0.2) is 212 Å². The van der Waals surface area contributed by atoms with Gasteiger partial charge < -0.3 is 133 Å². The average molecular weight is 2080 g/mol. The molecule has 1 aromatic heterocycles. The molecule has 8 aromatic rings. The van der Waals surface area contributed by atoms with Crippen LogP contribution in [0.5, 0.6) is 0 Å². The second-order valence-corrected chi connectivity index (χ2v) is 36.4. The quantitative estimate of drug-likeness (QED) is 0.0131. The molecule has 0 spiro atoms. The van der Waals surface area contributed by atoms with Crippen LogP contribution in [-0.4, -0.2) is 278 Å². The maximum absolute atomic E-state index is 15.6. The van der Waals surface area contributed by atoms with Gasteiger partial charge in [-0.05, 0) is 124 Å². The number of carbonyl (C=O) groups excluding carboxylic acids is 17. The summed E-state index contributed by atoms with van der Waals surface area (Å²) in [5, 5.41) is 82.9. The third-order valence-corrected chi connectivity index (χ3v) is 24.6. The van der Waals surface area contributed by atoms with Gasteiger partial charge in [-0.2, -0.15) is 25.3 Å². The Hall–Kier alpha value is -15.0. The number of carboxylic acids is 1. The zero-order valence-electron chi connectivity index (χ0n) is 82.1. The fraction of sp³-hybridized carbons (Fsp3) is 0.398. The van der Waals surface area contributed by atoms with Gasteiger partial charge in [0.25, 0.3) is 0 Å². The SMILES string of the molecule is C[C@H](NC(=O)[C@H](Cc1ccccc1)NC(=O)[C@H](Cc1ccccc1)NC(=O)[C@@H](N)Cc1ccccc1)C(=O)NCC(=O)N[C@@H](CS)C(=O)N[C@@H](CCCCN)C(=O)N[C@@H](CC(N)=O)C(=O)N[C@@H](Cc1ccccc1)C(=O)N[C@@H](Cc1ccccc1)C(=O)N[C@H](Cc1c[nH]c2ccccc12)C(=O)N[C@@H](CCCCN)C(=O)N[C@H](C(=O)N[C@@H](Cc1ccccc1)C(=O)N[C@H](C(=O)N[C@@H](CO)C(=O)N[C@@H](CS)C(=O)O)[C@@H](C)O)[C@@H](C)O. The van der Waals surface area contributed by atoms with Crippen molar-refractivity contribution in [1.82, 2.24) is 90.1 Å². The van der Waals surface area contributed by atoms with Crippen LogP contribution >= 0.6 is 25.3 Å². The van der Waals surface area contributed by atoms with Crippen LogP contribution < -0.4 is 108 Å². The molecule has 0 radical (unpaired) electrons. The number of fused-ring (bicyclic) bond motifs is 1. The molecule has 148 heavy (non-hydrogen) atoms. The molecule has 18 atom stereocenters. The van der Waals surface area contributed by atoms with Crippen molar-refractivity contribution in [3.8, 4) is 0 Å². The number of amides is 17. The van der Waals surface area contributed by atoms with E-state index in [1.807, 2.05) is 18.2 Å². The number of benzene rings is 7. The normalized spacial score (nSPS) is 14.8. The molecule has 794 valence electrons. The second-order valence-electron chi connectivity index (χ2n) is 35.6. The van der Waals surface area contributed by atoms with Gasteiger partial charge >= 0.3 is 5.97 Å². The van der Waals surface area contributed by atoms with Gasteiger partial charge in [0.1, 0.15) is 90.6 Å². The van der Waals surface area contributed by atoms with Crippen LogP contribution in [0.25, 0.3) is 10.9 Å². The molecule has 0 aliphatic rings. The van der Waals surface area contributed by atoms with Gasteiger partial charge in [-0.1, -0.05) is 200 Å². The molecule has 0 saturated heterocycles. The lowest BCUT2D eigenvalue weighted by Crippen LogP contribution is -2.63. The number of hydrogen-bond donors (Lipinski definition) is 27. The summed E-state index contributed by atoms with van der Waals surface area (Å²) in [6, 6.07) is 32.5. The van der Waals surface area contributed by atoms with E-state index in [-0.39, 0.29) is 95.9 Å². The van der Waals surface area contributed by atoms with E-state index in [2.05, 4.69) is 115 Å². The Morgan fingerprint density at radius 3 is 0.993 bits per heavy atom. The fourth-order valence-corrected chi connectivity index (χ4v) is 16.2. The van der Waals surface area contributed by atoms with Crippen molar-refractivity contribution in [2.24, 2.45) is 22.9 Å². The van der Waals surface area contributed by atoms with E-state index in [1.165, 1.54) is 6.92 Å². The number of aliphatic hydroxyl groups is 3. The molecule has 43 nitrogen and oxygen atoms in total. The lowest BCUT2D eigenvalue weighted by atomic mass is 10.00. The van der Waals surface area contributed by atoms with E-state index in [1.54, 1.807) is 194 Å². The summed E-state index contributed by atoms with van der Waals surface area (Å²) in [5.74, 6) is -19.5. The molecule has 29 N–H and O–H groups in total. The molecule has 0 bridgehead atoms. The highest BCUT2D eigenvalue weighted by Gasteiger charge is 2.41. The zero-order valence-corrected chi connectivity index (χ0v) is 83.9. The Morgan fingerprint density at radius 2 is 0.622 bits per heavy atom. The van der Waals surface area contributed by atoms with Crippen molar-refractivity contribution in [2.45, 2.75) is 220 Å². The van der Waals surface area contributed by atoms with Gasteiger partial charge in [-0.25, -0.2) is 4.79 Å². The Bertz CT molecular complexity index is 5750. The molecule has 0 unspecified atom stereocenters. The van der Waals surface area contributed by atoms with Gasteiger partial charge in [0.2, 0.25) is 100 Å². The zero-order chi connectivity index (χ0) is 108. The maximum atomic E-state index is 15.6. The number of aliphatic hydroxyl groups excluding tert-OH is 3. The lowest BCUT2D eigenvalue weighted by Gasteiger charge is -2.29. The summed E-state index contributed by atoms with van der Waals surface area (Å²) in [7, 11) is 0. The molecule has 17 amide bonds. The topological polar surface area (TPSA) is 701 Å². The number of aromatic nitrogens is 1. The number of primary amides is 1. The van der Waals surface area contributed by atoms with E-state index in [0.29, 0.717) is 50.7 Å². The minimum atomic E-state index is -1.94. The minimum Gasteiger partial charge on any atom is -0.480 e. The Balaban J connectivity index is 0.976. The number of unbranched alkanes of at least 4 members (excludes halogenated alkanes) is 2. The number of para-hydroxylation sites is 1. The predicted molar refractivity (Wildman–Crippen MR) is 554 cm³/mol. The van der Waals surface area contributed by atoms with E-state index in [9.17, 15) is 92.3 Å². The van der Waals surface area contributed by atoms with Gasteiger partial charge in [-0.3, -0.25) is 81.5 Å². The highest BCUT2D eigenvalue weighted by Crippen LogP contribution is 2.22. The third kappa shape index (κ3) is 39.1. The Morgan fingerprint density at radius 1 is 0.324 bits per heavy atom. The molecular formula is C103H133N21O22S2. The van der Waals surface area contributed by atoms with E-state index >= 15 is 14.4 Å². The maximum Gasteiger partial charge on any atom is 0.327 e. The number of aliphatic carboxylic acids is 1. The Kier molecular flexibility index (Phi) is 49.1. The van der Waals surface area contributed by atoms with Crippen molar-refractivity contribution in [1.29, 1.82) is 0 Å². The smallest absolute Gasteiger partial charge is 0.327 e. The molecule has 0 aliphatic heterocycles. The summed E-state index contributed by atoms with van der Waals surface area (Å²) >= 11 is 8.21. The second kappa shape index (κ2) is 61.4. The Labute approximate surface area is 866 Å². The van der Waals surface area contributed by atoms with Gasteiger partial charge in [-0.15, -0.1) is 0 Å². The number of rotatable bonds is 62. The molecule has 45 heteroatoms. The average Bonchev–Trinajstić information content (AvgIpc) is 1.65. The van der Waals surface area contributed by atoms with Gasteiger partial charge in [0, 0.05) is 67.1 Å². The van der Waals surface area contributed by atoms with Crippen molar-refractivity contribution < 1.29 is 107 Å². The molecule has 0 fully saturated rings. The molecule has 1 heterocycles. The van der Waals surface area contributed by atoms with Crippen LogP contribution in [-0.2, 0) is 131 Å². The molecule has 0 aliphatic carbocycles. The first-order valence-corrected chi connectivity index (χ1v) is 49.6. The van der Waals surface area contributed by atoms with Crippen LogP contribution in [0.4, 0.5) is 0 Å². The monoisotopic (exact) mass is 2080 g/mol. The number of aromatic amines is 1. The van der Waals surface area contributed by atoms with Crippen molar-refractivity contribution in [2.75, 3.05) is 37.7 Å². The highest BCUT2D eigenvalue weighted by atomic mass is 32.1. The van der Waals surface area contributed by atoms with Gasteiger partial charge in [0.05, 0.1) is 37.8 Å². The number of hydrogen-bond acceptors (Lipinski definition) is 26. The van der Waals surface area contributed by atoms with Crippen LogP contribution in [0.1, 0.15) is 105 Å². The number of H-pyrrole nitrogens is 1. The first-order valence-electron chi connectivity index (χ1n) is 48.4. The highest BCUT2D eigenvalue weighted by molar-refractivity contribution is 7.80. The molecule has 0 saturated carbocycles. The predicted octanol–water partition coefficient (Wildman–Crippen LogP) is -3.27. The number of nitrogens with two attached hydrogens (primary N) is 4. The van der Waals surface area contributed by atoms with Gasteiger partial charge in [0.15, 0.2) is 0 Å². The largest absolute Gasteiger partial charge is 0.480 e. The standard InChI is InChI=1S/C103H133N21O22S2/c1-59(110-92(134)74(47-63-30-12-5-13-31-63)115-93(135)75(48-64-32-14-6-15-33-64)114-89(131)70(106)46-62-28-10-4-11-29-62)88(130)109-55-85(129)111-82(57-147)100(142)113-72(42-24-26-44-104)90(132)119-80(53-84(107)128)97(139)117-76(49-65-34-16-7-17-35-65)94(136)116-77(50-66-36-18-8-19-37-66)95(137)118-79(52-68-54-108-71-41-23-22-40-69(68)71)96(138)112-73(43-25-27-45-105)91(133)123-86(60(2)126)101(143)120-78(51-67-38-20-9-21-39-67)98(140)124-87(61(3)127)102(144)121-81(56-125)99(141)122-83(58-148)103(145)146/h4-23,28-41,54,59-61,70,72-83,86-87,108,125-127,147-148H,24-27,42-53,55-58,104-106H2,1-3H3,(H2,107,128)(H,109,130)(H,110,134)(H,111,129)(H,112,138)(H,113,142)(H,114,131)(H,115,135)(H,116,136)(H,117,139)(H,118,137)(H,119,132)(H,120,143)(H,121,144)(H,122,141)(H,123,133)(H,124,140)(H,145,146)/t59-,60+,61+,70-,72-,73-,74-,75-,76-,77-,78-,79+,80-,81-,82-,83-,86-,87-/m0/s1. The summed E-state index contributed by atoms with van der Waals surface area (Å²) in [5.41, 5.74) is 28.4. The van der Waals surface area contributed by atoms with E-state index in [0.717, 1.165) is 19.4 Å². The van der Waals surface area contributed by atoms with E-state index < -0.39 is 241 Å². The van der Waals surface area contributed by atoms with E-state index in [4.69, 9.17) is 22.9 Å². The first kappa shape index (κ1) is 118. The number of nitrogens with one attached hydrogen (secondary N) is 17.